The first-order valence-corrected chi connectivity index (χ1v) is 6.76. The van der Waals surface area contributed by atoms with E-state index < -0.39 is 0 Å². The van der Waals surface area contributed by atoms with Gasteiger partial charge in [0.15, 0.2) is 0 Å². The van der Waals surface area contributed by atoms with Crippen molar-refractivity contribution in [3.05, 3.63) is 69.7 Å². The van der Waals surface area contributed by atoms with Crippen LogP contribution in [0.5, 0.6) is 0 Å². The Balaban J connectivity index is 2.29. The summed E-state index contributed by atoms with van der Waals surface area (Å²) in [7, 11) is 0. The summed E-state index contributed by atoms with van der Waals surface area (Å²) in [6, 6.07) is 14.2. The SMILES string of the molecule is Cc1cccc(C)c1CC(NN)c1cccc(Cl)c1. The van der Waals surface area contributed by atoms with Gasteiger partial charge in [0.1, 0.15) is 0 Å². The third-order valence-electron chi connectivity index (χ3n) is 3.50. The van der Waals surface area contributed by atoms with Gasteiger partial charge < -0.3 is 0 Å². The van der Waals surface area contributed by atoms with E-state index in [4.69, 9.17) is 17.4 Å². The minimum atomic E-state index is 0.0681. The molecule has 0 aliphatic heterocycles. The lowest BCUT2D eigenvalue weighted by Crippen LogP contribution is -2.30. The molecular formula is C16H19ClN2. The van der Waals surface area contributed by atoms with Gasteiger partial charge in [0.2, 0.25) is 0 Å². The molecule has 100 valence electrons. The average molecular weight is 275 g/mol. The highest BCUT2D eigenvalue weighted by Crippen LogP contribution is 2.24. The van der Waals surface area contributed by atoms with Crippen LogP contribution < -0.4 is 11.3 Å². The van der Waals surface area contributed by atoms with Gasteiger partial charge in [-0.25, -0.2) is 0 Å². The maximum absolute atomic E-state index is 6.04. The lowest BCUT2D eigenvalue weighted by molar-refractivity contribution is 0.550. The Morgan fingerprint density at radius 1 is 1.11 bits per heavy atom. The van der Waals surface area contributed by atoms with Gasteiger partial charge in [0.25, 0.3) is 0 Å². The van der Waals surface area contributed by atoms with E-state index in [2.05, 4.69) is 37.5 Å². The molecule has 0 bridgehead atoms. The first-order chi connectivity index (χ1) is 9.11. The Morgan fingerprint density at radius 3 is 2.32 bits per heavy atom. The lowest BCUT2D eigenvalue weighted by atomic mass is 9.93. The number of nitrogens with one attached hydrogen (secondary N) is 1. The largest absolute Gasteiger partial charge is 0.271 e. The standard InChI is InChI=1S/C16H19ClN2/c1-11-5-3-6-12(2)15(11)10-16(19-18)13-7-4-8-14(17)9-13/h3-9,16,19H,10,18H2,1-2H3. The van der Waals surface area contributed by atoms with Crippen LogP contribution in [-0.4, -0.2) is 0 Å². The van der Waals surface area contributed by atoms with Crippen LogP contribution >= 0.6 is 11.6 Å². The molecule has 0 aliphatic carbocycles. The van der Waals surface area contributed by atoms with Crippen molar-refractivity contribution in [2.75, 3.05) is 0 Å². The molecule has 0 fully saturated rings. The lowest BCUT2D eigenvalue weighted by Gasteiger charge is -2.19. The molecule has 3 N–H and O–H groups in total. The second-order valence-electron chi connectivity index (χ2n) is 4.85. The van der Waals surface area contributed by atoms with Crippen molar-refractivity contribution >= 4 is 11.6 Å². The highest BCUT2D eigenvalue weighted by Gasteiger charge is 2.13. The first-order valence-electron chi connectivity index (χ1n) is 6.38. The molecular weight excluding hydrogens is 256 g/mol. The molecule has 2 aromatic carbocycles. The van der Waals surface area contributed by atoms with Gasteiger partial charge in [0, 0.05) is 5.02 Å². The fraction of sp³-hybridized carbons (Fsp3) is 0.250. The number of hydrogen-bond acceptors (Lipinski definition) is 2. The van der Waals surface area contributed by atoms with Crippen LogP contribution in [0, 0.1) is 13.8 Å². The highest BCUT2D eigenvalue weighted by atomic mass is 35.5. The maximum atomic E-state index is 6.04. The zero-order chi connectivity index (χ0) is 13.8. The fourth-order valence-electron chi connectivity index (χ4n) is 2.37. The molecule has 1 unspecified atom stereocenters. The molecule has 3 heteroatoms. The predicted octanol–water partition coefficient (Wildman–Crippen LogP) is 3.70. The molecule has 0 saturated carbocycles. The number of hydrazine groups is 1. The Bertz CT molecular complexity index is 546. The number of halogens is 1. The molecule has 1 atom stereocenters. The third-order valence-corrected chi connectivity index (χ3v) is 3.74. The summed E-state index contributed by atoms with van der Waals surface area (Å²) in [6.45, 7) is 4.27. The van der Waals surface area contributed by atoms with E-state index in [1.807, 2.05) is 24.3 Å². The second kappa shape index (κ2) is 6.20. The number of aryl methyl sites for hydroxylation is 2. The van der Waals surface area contributed by atoms with Gasteiger partial charge in [-0.3, -0.25) is 11.3 Å². The molecule has 0 heterocycles. The number of rotatable bonds is 4. The van der Waals surface area contributed by atoms with Crippen LogP contribution in [0.3, 0.4) is 0 Å². The van der Waals surface area contributed by atoms with E-state index in [0.29, 0.717) is 0 Å². The molecule has 0 aliphatic rings. The van der Waals surface area contributed by atoms with Gasteiger partial charge in [-0.2, -0.15) is 0 Å². The summed E-state index contributed by atoms with van der Waals surface area (Å²) in [6.07, 6.45) is 0.856. The third kappa shape index (κ3) is 3.35. The molecule has 0 spiro atoms. The van der Waals surface area contributed by atoms with Crippen molar-refractivity contribution in [2.45, 2.75) is 26.3 Å². The van der Waals surface area contributed by atoms with E-state index in [1.165, 1.54) is 16.7 Å². The molecule has 2 nitrogen and oxygen atoms in total. The predicted molar refractivity (Wildman–Crippen MR) is 81.1 cm³/mol. The van der Waals surface area contributed by atoms with Gasteiger partial charge >= 0.3 is 0 Å². The zero-order valence-corrected chi connectivity index (χ0v) is 12.0. The van der Waals surface area contributed by atoms with Gasteiger partial charge in [0.05, 0.1) is 6.04 Å². The summed E-state index contributed by atoms with van der Waals surface area (Å²) in [4.78, 5) is 0. The summed E-state index contributed by atoms with van der Waals surface area (Å²) >= 11 is 6.04. The summed E-state index contributed by atoms with van der Waals surface area (Å²) < 4.78 is 0. The molecule has 0 saturated heterocycles. The molecule has 2 aromatic rings. The average Bonchev–Trinajstić information content (AvgIpc) is 2.38. The normalized spacial score (nSPS) is 12.4. The Kier molecular flexibility index (Phi) is 4.59. The highest BCUT2D eigenvalue weighted by molar-refractivity contribution is 6.30. The maximum Gasteiger partial charge on any atom is 0.0501 e. The molecule has 19 heavy (non-hydrogen) atoms. The molecule has 0 aromatic heterocycles. The summed E-state index contributed by atoms with van der Waals surface area (Å²) in [5.74, 6) is 5.71. The van der Waals surface area contributed by atoms with E-state index in [0.717, 1.165) is 17.0 Å². The molecule has 0 radical (unpaired) electrons. The Hall–Kier alpha value is -1.35. The molecule has 0 amide bonds. The van der Waals surface area contributed by atoms with Crippen LogP contribution in [0.25, 0.3) is 0 Å². The quantitative estimate of drug-likeness (QED) is 0.659. The number of nitrogens with two attached hydrogens (primary N) is 1. The summed E-state index contributed by atoms with van der Waals surface area (Å²) in [5, 5.41) is 0.735. The monoisotopic (exact) mass is 274 g/mol. The van der Waals surface area contributed by atoms with Gasteiger partial charge in [-0.15, -0.1) is 0 Å². The van der Waals surface area contributed by atoms with Crippen molar-refractivity contribution in [3.8, 4) is 0 Å². The van der Waals surface area contributed by atoms with E-state index in [9.17, 15) is 0 Å². The van der Waals surface area contributed by atoms with Crippen molar-refractivity contribution < 1.29 is 0 Å². The Labute approximate surface area is 119 Å². The van der Waals surface area contributed by atoms with E-state index in [-0.39, 0.29) is 6.04 Å². The smallest absolute Gasteiger partial charge is 0.0501 e. The van der Waals surface area contributed by atoms with Crippen LogP contribution in [-0.2, 0) is 6.42 Å². The summed E-state index contributed by atoms with van der Waals surface area (Å²) in [5.41, 5.74) is 7.92. The second-order valence-corrected chi connectivity index (χ2v) is 5.29. The van der Waals surface area contributed by atoms with Crippen LogP contribution in [0.2, 0.25) is 5.02 Å². The minimum absolute atomic E-state index is 0.0681. The van der Waals surface area contributed by atoms with Gasteiger partial charge in [-0.1, -0.05) is 41.9 Å². The fourth-order valence-corrected chi connectivity index (χ4v) is 2.57. The number of hydrogen-bond donors (Lipinski definition) is 2. The minimum Gasteiger partial charge on any atom is -0.271 e. The van der Waals surface area contributed by atoms with Crippen LogP contribution in [0.1, 0.15) is 28.3 Å². The molecule has 2 rings (SSSR count). The zero-order valence-electron chi connectivity index (χ0n) is 11.3. The Morgan fingerprint density at radius 2 is 1.74 bits per heavy atom. The van der Waals surface area contributed by atoms with Crippen molar-refractivity contribution in [2.24, 2.45) is 5.84 Å². The number of benzene rings is 2. The first kappa shape index (κ1) is 14.1. The van der Waals surface area contributed by atoms with Gasteiger partial charge in [-0.05, 0) is 54.7 Å². The van der Waals surface area contributed by atoms with Crippen molar-refractivity contribution in [1.82, 2.24) is 5.43 Å². The van der Waals surface area contributed by atoms with Crippen LogP contribution in [0.15, 0.2) is 42.5 Å². The van der Waals surface area contributed by atoms with Crippen molar-refractivity contribution in [1.29, 1.82) is 0 Å². The van der Waals surface area contributed by atoms with E-state index in [1.54, 1.807) is 0 Å². The topological polar surface area (TPSA) is 38.0 Å². The van der Waals surface area contributed by atoms with E-state index >= 15 is 0 Å². The van der Waals surface area contributed by atoms with Crippen LogP contribution in [0.4, 0.5) is 0 Å². The van der Waals surface area contributed by atoms with Crippen molar-refractivity contribution in [3.63, 3.8) is 0 Å².